The van der Waals surface area contributed by atoms with Crippen molar-refractivity contribution in [2.45, 2.75) is 17.0 Å². The van der Waals surface area contributed by atoms with Gasteiger partial charge in [-0.15, -0.1) is 0 Å². The molecule has 0 spiro atoms. The van der Waals surface area contributed by atoms with Crippen LogP contribution in [0.3, 0.4) is 0 Å². The first-order chi connectivity index (χ1) is 7.67. The smallest absolute Gasteiger partial charge is 0.244 e. The Morgan fingerprint density at radius 1 is 1.25 bits per heavy atom. The minimum Gasteiger partial charge on any atom is -0.486 e. The topological polar surface area (TPSA) is 67.4 Å². The standard InChI is InChI=1S/C10H12N2O3S/c13-16(14)10-4-2-1-3-8(10)15-9-6-11-5-7(9)12-16/h1-4,7,9,11-12H,5-6H2/t7-,9+/m1/s1. The number of sulfonamides is 1. The molecule has 2 heterocycles. The van der Waals surface area contributed by atoms with Gasteiger partial charge in [-0.25, -0.2) is 13.1 Å². The van der Waals surface area contributed by atoms with Crippen LogP contribution >= 0.6 is 0 Å². The van der Waals surface area contributed by atoms with Crippen molar-refractivity contribution < 1.29 is 13.2 Å². The summed E-state index contributed by atoms with van der Waals surface area (Å²) in [5.41, 5.74) is 0. The predicted molar refractivity (Wildman–Crippen MR) is 57.8 cm³/mol. The Hall–Kier alpha value is -1.11. The number of benzene rings is 1. The number of ether oxygens (including phenoxy) is 1. The fourth-order valence-electron chi connectivity index (χ4n) is 2.09. The Labute approximate surface area is 93.9 Å². The van der Waals surface area contributed by atoms with Crippen molar-refractivity contribution in [2.24, 2.45) is 0 Å². The van der Waals surface area contributed by atoms with E-state index in [0.29, 0.717) is 18.8 Å². The summed E-state index contributed by atoms with van der Waals surface area (Å²) >= 11 is 0. The molecule has 86 valence electrons. The SMILES string of the molecule is O=S1(=O)N[C@@H]2CNC[C@@H]2Oc2ccccc21. The molecule has 16 heavy (non-hydrogen) atoms. The van der Waals surface area contributed by atoms with Gasteiger partial charge >= 0.3 is 0 Å². The highest BCUT2D eigenvalue weighted by atomic mass is 32.2. The van der Waals surface area contributed by atoms with Crippen molar-refractivity contribution in [3.63, 3.8) is 0 Å². The monoisotopic (exact) mass is 240 g/mol. The van der Waals surface area contributed by atoms with Crippen LogP contribution in [0.25, 0.3) is 0 Å². The third-order valence-electron chi connectivity index (χ3n) is 2.88. The van der Waals surface area contributed by atoms with E-state index in [2.05, 4.69) is 10.0 Å². The Bertz CT molecular complexity index is 515. The molecule has 0 amide bonds. The first kappa shape index (κ1) is 10.1. The third-order valence-corrected chi connectivity index (χ3v) is 4.41. The second-order valence-corrected chi connectivity index (χ2v) is 5.67. The lowest BCUT2D eigenvalue weighted by molar-refractivity contribution is 0.199. The van der Waals surface area contributed by atoms with E-state index in [9.17, 15) is 8.42 Å². The van der Waals surface area contributed by atoms with Crippen LogP contribution in [0.1, 0.15) is 0 Å². The molecule has 2 aliphatic rings. The maximum absolute atomic E-state index is 12.0. The van der Waals surface area contributed by atoms with Crippen molar-refractivity contribution in [3.05, 3.63) is 24.3 Å². The first-order valence-corrected chi connectivity index (χ1v) is 6.64. The Balaban J connectivity index is 2.13. The van der Waals surface area contributed by atoms with Gasteiger partial charge in [-0.1, -0.05) is 12.1 Å². The molecular formula is C10H12N2O3S. The number of hydrogen-bond acceptors (Lipinski definition) is 4. The highest BCUT2D eigenvalue weighted by Gasteiger charge is 2.37. The Kier molecular flexibility index (Phi) is 2.17. The van der Waals surface area contributed by atoms with Crippen LogP contribution in [0, 0.1) is 0 Å². The summed E-state index contributed by atoms with van der Waals surface area (Å²) in [5, 5.41) is 3.11. The second-order valence-electron chi connectivity index (χ2n) is 3.99. The largest absolute Gasteiger partial charge is 0.486 e. The molecule has 0 aliphatic carbocycles. The van der Waals surface area contributed by atoms with Crippen LogP contribution in [0.4, 0.5) is 0 Å². The molecule has 3 rings (SSSR count). The fraction of sp³-hybridized carbons (Fsp3) is 0.400. The van der Waals surface area contributed by atoms with Gasteiger partial charge in [0.1, 0.15) is 16.7 Å². The van der Waals surface area contributed by atoms with Crippen LogP contribution in [-0.4, -0.2) is 33.7 Å². The molecule has 1 fully saturated rings. The van der Waals surface area contributed by atoms with Crippen molar-refractivity contribution in [3.8, 4) is 5.75 Å². The van der Waals surface area contributed by atoms with Gasteiger partial charge in [-0.05, 0) is 12.1 Å². The molecular weight excluding hydrogens is 228 g/mol. The quantitative estimate of drug-likeness (QED) is 0.653. The molecule has 0 radical (unpaired) electrons. The van der Waals surface area contributed by atoms with E-state index < -0.39 is 10.0 Å². The lowest BCUT2D eigenvalue weighted by Crippen LogP contribution is -2.42. The number of nitrogens with one attached hydrogen (secondary N) is 2. The molecule has 0 unspecified atom stereocenters. The van der Waals surface area contributed by atoms with Crippen LogP contribution in [0.5, 0.6) is 5.75 Å². The summed E-state index contributed by atoms with van der Waals surface area (Å²) in [6.45, 7) is 1.28. The summed E-state index contributed by atoms with van der Waals surface area (Å²) in [6, 6.07) is 6.54. The van der Waals surface area contributed by atoms with E-state index in [0.717, 1.165) is 0 Å². The third kappa shape index (κ3) is 1.50. The molecule has 2 N–H and O–H groups in total. The zero-order valence-corrected chi connectivity index (χ0v) is 9.33. The molecule has 2 aliphatic heterocycles. The lowest BCUT2D eigenvalue weighted by Gasteiger charge is -2.15. The summed E-state index contributed by atoms with van der Waals surface area (Å²) in [5.74, 6) is 0.436. The molecule has 1 aromatic carbocycles. The van der Waals surface area contributed by atoms with Crippen molar-refractivity contribution in [1.29, 1.82) is 0 Å². The van der Waals surface area contributed by atoms with Gasteiger partial charge in [0.25, 0.3) is 0 Å². The number of fused-ring (bicyclic) bond motifs is 2. The molecule has 1 saturated heterocycles. The molecule has 0 aromatic heterocycles. The maximum Gasteiger partial charge on any atom is 0.244 e. The lowest BCUT2D eigenvalue weighted by atomic mass is 10.2. The van der Waals surface area contributed by atoms with Gasteiger partial charge in [0.05, 0.1) is 6.04 Å². The molecule has 6 heteroatoms. The summed E-state index contributed by atoms with van der Waals surface area (Å²) in [4.78, 5) is 0.226. The van der Waals surface area contributed by atoms with E-state index in [1.54, 1.807) is 24.3 Å². The molecule has 0 bridgehead atoms. The van der Waals surface area contributed by atoms with Crippen LogP contribution < -0.4 is 14.8 Å². The van der Waals surface area contributed by atoms with E-state index >= 15 is 0 Å². The number of rotatable bonds is 0. The highest BCUT2D eigenvalue weighted by Crippen LogP contribution is 2.28. The fourth-order valence-corrected chi connectivity index (χ4v) is 3.49. The van der Waals surface area contributed by atoms with Crippen LogP contribution in [0.2, 0.25) is 0 Å². The minimum atomic E-state index is -3.45. The van der Waals surface area contributed by atoms with Gasteiger partial charge in [0.2, 0.25) is 10.0 Å². The minimum absolute atomic E-state index is 0.126. The van der Waals surface area contributed by atoms with E-state index in [1.165, 1.54) is 0 Å². The molecule has 2 atom stereocenters. The molecule has 0 saturated carbocycles. The average molecular weight is 240 g/mol. The van der Waals surface area contributed by atoms with Gasteiger partial charge in [-0.2, -0.15) is 0 Å². The summed E-state index contributed by atoms with van der Waals surface area (Å²) in [6.07, 6.45) is -0.126. The van der Waals surface area contributed by atoms with Crippen LogP contribution in [0.15, 0.2) is 29.2 Å². The number of hydrogen-bond donors (Lipinski definition) is 2. The Morgan fingerprint density at radius 2 is 2.06 bits per heavy atom. The average Bonchev–Trinajstić information content (AvgIpc) is 2.61. The predicted octanol–water partition coefficient (Wildman–Crippen LogP) is -0.302. The zero-order chi connectivity index (χ0) is 11.2. The van der Waals surface area contributed by atoms with Crippen LogP contribution in [-0.2, 0) is 10.0 Å². The van der Waals surface area contributed by atoms with Gasteiger partial charge in [0.15, 0.2) is 0 Å². The van der Waals surface area contributed by atoms with E-state index in [1.807, 2.05) is 0 Å². The van der Waals surface area contributed by atoms with Crippen molar-refractivity contribution >= 4 is 10.0 Å². The summed E-state index contributed by atoms with van der Waals surface area (Å²) < 4.78 is 32.4. The van der Waals surface area contributed by atoms with E-state index in [-0.39, 0.29) is 17.0 Å². The summed E-state index contributed by atoms with van der Waals surface area (Å²) in [7, 11) is -3.45. The van der Waals surface area contributed by atoms with Gasteiger partial charge in [-0.3, -0.25) is 0 Å². The van der Waals surface area contributed by atoms with Crippen molar-refractivity contribution in [2.75, 3.05) is 13.1 Å². The van der Waals surface area contributed by atoms with Gasteiger partial charge < -0.3 is 10.1 Å². The number of para-hydroxylation sites is 1. The van der Waals surface area contributed by atoms with E-state index in [4.69, 9.17) is 4.74 Å². The zero-order valence-electron chi connectivity index (χ0n) is 8.51. The molecule has 5 nitrogen and oxygen atoms in total. The normalized spacial score (nSPS) is 31.0. The first-order valence-electron chi connectivity index (χ1n) is 5.15. The van der Waals surface area contributed by atoms with Crippen molar-refractivity contribution in [1.82, 2.24) is 10.0 Å². The second kappa shape index (κ2) is 3.44. The maximum atomic E-state index is 12.0. The van der Waals surface area contributed by atoms with Gasteiger partial charge in [0, 0.05) is 13.1 Å². The highest BCUT2D eigenvalue weighted by molar-refractivity contribution is 7.89. The molecule has 1 aromatic rings. The Morgan fingerprint density at radius 3 is 2.94 bits per heavy atom.